The zero-order valence-corrected chi connectivity index (χ0v) is 32.7. The monoisotopic (exact) mass is 757 g/mol. The van der Waals surface area contributed by atoms with Crippen LogP contribution in [0, 0.1) is 11.8 Å². The lowest BCUT2D eigenvalue weighted by Crippen LogP contribution is -2.35. The van der Waals surface area contributed by atoms with Gasteiger partial charge in [-0.15, -0.1) is 5.10 Å². The van der Waals surface area contributed by atoms with Crippen molar-refractivity contribution in [1.82, 2.24) is 34.7 Å². The van der Waals surface area contributed by atoms with Crippen molar-refractivity contribution in [2.45, 2.75) is 66.1 Å². The standard InChI is InChI=1S/C41H49Cl2N7O3/c1-26(2)23-48(24-27(3)4)19-8-20-50-41(52)49-25-29(14-17-36(49)47-50)31-9-6-10-32(38(31)42)33-11-7-12-34(39(33)43)35-16-13-28(40(46-35)53-5)21-44-22-30-15-18-37(51)45-30/h6-7,9-14,16-17,25-27,30,44H,8,15,18-24H2,1-5H3,(H,45,51). The van der Waals surface area contributed by atoms with Gasteiger partial charge < -0.3 is 20.3 Å². The van der Waals surface area contributed by atoms with E-state index in [4.69, 9.17) is 32.9 Å². The minimum absolute atomic E-state index is 0.0986. The first kappa shape index (κ1) is 38.5. The highest BCUT2D eigenvalue weighted by atomic mass is 35.5. The van der Waals surface area contributed by atoms with Crippen LogP contribution >= 0.6 is 23.2 Å². The molecule has 6 rings (SSSR count). The molecule has 10 nitrogen and oxygen atoms in total. The number of nitrogens with one attached hydrogen (secondary N) is 2. The quantitative estimate of drug-likeness (QED) is 0.107. The third-order valence-electron chi connectivity index (χ3n) is 9.47. The molecule has 1 aliphatic rings. The number of methoxy groups -OCH3 is 1. The Morgan fingerprint density at radius 3 is 2.26 bits per heavy atom. The number of rotatable bonds is 16. The molecule has 3 aromatic heterocycles. The van der Waals surface area contributed by atoms with Crippen molar-refractivity contribution >= 4 is 34.8 Å². The van der Waals surface area contributed by atoms with Crippen molar-refractivity contribution in [3.8, 4) is 39.4 Å². The summed E-state index contributed by atoms with van der Waals surface area (Å²) in [6.07, 6.45) is 4.06. The van der Waals surface area contributed by atoms with Crippen LogP contribution in [0.25, 0.3) is 39.2 Å². The second-order valence-electron chi connectivity index (χ2n) is 14.7. The topological polar surface area (TPSA) is 106 Å². The summed E-state index contributed by atoms with van der Waals surface area (Å²) < 4.78 is 8.82. The Labute approximate surface area is 321 Å². The lowest BCUT2D eigenvalue weighted by atomic mass is 9.97. The van der Waals surface area contributed by atoms with Gasteiger partial charge in [0.25, 0.3) is 0 Å². The molecule has 12 heteroatoms. The minimum atomic E-state index is -0.170. The van der Waals surface area contributed by atoms with Gasteiger partial charge in [-0.25, -0.2) is 18.9 Å². The van der Waals surface area contributed by atoms with Crippen molar-refractivity contribution in [1.29, 1.82) is 0 Å². The van der Waals surface area contributed by atoms with Crippen molar-refractivity contribution in [2.75, 3.05) is 33.3 Å². The maximum atomic E-state index is 13.5. The fourth-order valence-corrected chi connectivity index (χ4v) is 7.76. The molecule has 1 amide bonds. The molecule has 5 aromatic rings. The van der Waals surface area contributed by atoms with E-state index in [0.29, 0.717) is 65.2 Å². The molecule has 0 spiro atoms. The van der Waals surface area contributed by atoms with Gasteiger partial charge in [0.2, 0.25) is 11.8 Å². The van der Waals surface area contributed by atoms with Gasteiger partial charge in [0.15, 0.2) is 5.65 Å². The third kappa shape index (κ3) is 9.12. The minimum Gasteiger partial charge on any atom is -0.481 e. The van der Waals surface area contributed by atoms with Crippen molar-refractivity contribution in [2.24, 2.45) is 11.8 Å². The highest BCUT2D eigenvalue weighted by Crippen LogP contribution is 2.42. The summed E-state index contributed by atoms with van der Waals surface area (Å²) in [7, 11) is 1.60. The molecule has 280 valence electrons. The summed E-state index contributed by atoms with van der Waals surface area (Å²) in [6, 6.07) is 19.5. The fraction of sp³-hybridized carbons (Fsp3) is 0.415. The maximum absolute atomic E-state index is 13.5. The Balaban J connectivity index is 1.21. The van der Waals surface area contributed by atoms with Gasteiger partial charge in [-0.3, -0.25) is 4.79 Å². The Morgan fingerprint density at radius 2 is 1.60 bits per heavy atom. The number of aromatic nitrogens is 4. The van der Waals surface area contributed by atoms with Crippen molar-refractivity contribution in [3.05, 3.63) is 93.0 Å². The van der Waals surface area contributed by atoms with Crippen LogP contribution in [0.4, 0.5) is 0 Å². The predicted octanol–water partition coefficient (Wildman–Crippen LogP) is 7.58. The van der Waals surface area contributed by atoms with Crippen molar-refractivity contribution in [3.63, 3.8) is 0 Å². The van der Waals surface area contributed by atoms with Crippen LogP contribution in [0.1, 0.15) is 52.5 Å². The van der Waals surface area contributed by atoms with Crippen LogP contribution in [0.5, 0.6) is 5.88 Å². The molecule has 1 atom stereocenters. The molecular weight excluding hydrogens is 709 g/mol. The molecule has 4 heterocycles. The van der Waals surface area contributed by atoms with Gasteiger partial charge in [-0.05, 0) is 49.4 Å². The van der Waals surface area contributed by atoms with E-state index >= 15 is 0 Å². The first-order valence-electron chi connectivity index (χ1n) is 18.5. The number of halogens is 2. The number of benzene rings is 2. The highest BCUT2D eigenvalue weighted by molar-refractivity contribution is 6.39. The molecule has 2 aromatic carbocycles. The molecule has 1 aliphatic heterocycles. The third-order valence-corrected chi connectivity index (χ3v) is 10.3. The molecule has 1 unspecified atom stereocenters. The maximum Gasteiger partial charge on any atom is 0.350 e. The second-order valence-corrected chi connectivity index (χ2v) is 15.4. The fourth-order valence-electron chi connectivity index (χ4n) is 7.10. The van der Waals surface area contributed by atoms with E-state index in [2.05, 4.69) is 48.3 Å². The smallest absolute Gasteiger partial charge is 0.350 e. The SMILES string of the molecule is COc1nc(-c2cccc(-c3cccc(-c4ccc5nn(CCCN(CC(C)C)CC(C)C)c(=O)n5c4)c3Cl)c2Cl)ccc1CNCC1CCC(=O)N1. The number of hydrogen-bond acceptors (Lipinski definition) is 7. The number of fused-ring (bicyclic) bond motifs is 1. The average molecular weight is 759 g/mol. The van der Waals surface area contributed by atoms with Crippen LogP contribution in [-0.4, -0.2) is 69.3 Å². The molecular formula is C41H49Cl2N7O3. The first-order chi connectivity index (χ1) is 25.5. The normalized spacial score (nSPS) is 14.6. The molecule has 0 radical (unpaired) electrons. The van der Waals surface area contributed by atoms with Gasteiger partial charge in [-0.2, -0.15) is 0 Å². The molecule has 2 N–H and O–H groups in total. The number of nitrogens with zero attached hydrogens (tertiary/aromatic N) is 5. The van der Waals surface area contributed by atoms with E-state index in [1.165, 1.54) is 0 Å². The molecule has 1 saturated heterocycles. The Bertz CT molecular complexity index is 2120. The Kier molecular flexibility index (Phi) is 12.6. The van der Waals surface area contributed by atoms with Crippen LogP contribution in [0.2, 0.25) is 10.0 Å². The number of carbonyl (C=O) groups excluding carboxylic acids is 1. The van der Waals surface area contributed by atoms with Crippen LogP contribution in [-0.2, 0) is 17.9 Å². The summed E-state index contributed by atoms with van der Waals surface area (Å²) in [6.45, 7) is 13.7. The van der Waals surface area contributed by atoms with E-state index in [9.17, 15) is 9.59 Å². The highest BCUT2D eigenvalue weighted by Gasteiger charge is 2.21. The van der Waals surface area contributed by atoms with E-state index in [1.54, 1.807) is 16.2 Å². The van der Waals surface area contributed by atoms with E-state index in [-0.39, 0.29) is 17.6 Å². The average Bonchev–Trinajstić information content (AvgIpc) is 3.69. The Hall–Kier alpha value is -4.22. The number of hydrogen-bond donors (Lipinski definition) is 2. The van der Waals surface area contributed by atoms with Crippen molar-refractivity contribution < 1.29 is 9.53 Å². The summed E-state index contributed by atoms with van der Waals surface area (Å²) >= 11 is 14.3. The summed E-state index contributed by atoms with van der Waals surface area (Å²) in [5, 5.41) is 12.0. The second kappa shape index (κ2) is 17.3. The lowest BCUT2D eigenvalue weighted by Gasteiger charge is -2.25. The zero-order chi connectivity index (χ0) is 37.6. The first-order valence-corrected chi connectivity index (χ1v) is 19.2. The lowest BCUT2D eigenvalue weighted by molar-refractivity contribution is -0.119. The number of carbonyl (C=O) groups is 1. The number of ether oxygens (including phenoxy) is 1. The number of aryl methyl sites for hydroxylation is 1. The van der Waals surface area contributed by atoms with Gasteiger partial charge >= 0.3 is 5.69 Å². The summed E-state index contributed by atoms with van der Waals surface area (Å²) in [5.74, 6) is 1.77. The molecule has 53 heavy (non-hydrogen) atoms. The van der Waals surface area contributed by atoms with Gasteiger partial charge in [-0.1, -0.05) is 93.4 Å². The molecule has 1 fully saturated rings. The predicted molar refractivity (Wildman–Crippen MR) is 214 cm³/mol. The van der Waals surface area contributed by atoms with Gasteiger partial charge in [0.1, 0.15) is 0 Å². The van der Waals surface area contributed by atoms with E-state index < -0.39 is 0 Å². The van der Waals surface area contributed by atoms with Crippen LogP contribution in [0.3, 0.4) is 0 Å². The molecule has 0 bridgehead atoms. The van der Waals surface area contributed by atoms with Gasteiger partial charge in [0, 0.05) is 84.8 Å². The molecule has 0 aliphatic carbocycles. The largest absolute Gasteiger partial charge is 0.481 e. The zero-order valence-electron chi connectivity index (χ0n) is 31.2. The Morgan fingerprint density at radius 1 is 0.925 bits per heavy atom. The summed E-state index contributed by atoms with van der Waals surface area (Å²) in [5.41, 5.74) is 5.83. The van der Waals surface area contributed by atoms with E-state index in [1.807, 2.05) is 66.9 Å². The van der Waals surface area contributed by atoms with Crippen LogP contribution < -0.4 is 21.1 Å². The number of amides is 1. The number of pyridine rings is 2. The van der Waals surface area contributed by atoms with Crippen LogP contribution in [0.15, 0.2) is 71.7 Å². The van der Waals surface area contributed by atoms with E-state index in [0.717, 1.165) is 65.9 Å². The summed E-state index contributed by atoms with van der Waals surface area (Å²) in [4.78, 5) is 32.3. The molecule has 0 saturated carbocycles. The van der Waals surface area contributed by atoms with Gasteiger partial charge in [0.05, 0.1) is 22.8 Å².